The lowest BCUT2D eigenvalue weighted by molar-refractivity contribution is -0.145. The summed E-state index contributed by atoms with van der Waals surface area (Å²) in [5.74, 6) is -1.99. The third kappa shape index (κ3) is 7.03. The largest absolute Gasteiger partial charge is 0.469 e. The molecule has 0 aliphatic heterocycles. The summed E-state index contributed by atoms with van der Waals surface area (Å²) in [6.45, 7) is 1.64. The van der Waals surface area contributed by atoms with E-state index in [-0.39, 0.29) is 19.3 Å². The number of esters is 2. The van der Waals surface area contributed by atoms with Gasteiger partial charge in [0.25, 0.3) is 0 Å². The minimum Gasteiger partial charge on any atom is -0.469 e. The van der Waals surface area contributed by atoms with Crippen molar-refractivity contribution in [1.82, 2.24) is 5.32 Å². The predicted octanol–water partition coefficient (Wildman–Crippen LogP) is 0.147. The zero-order valence-corrected chi connectivity index (χ0v) is 11.3. The van der Waals surface area contributed by atoms with Crippen LogP contribution >= 0.6 is 0 Å². The number of amides is 1. The molecule has 1 N–H and O–H groups in total. The summed E-state index contributed by atoms with van der Waals surface area (Å²) in [4.78, 5) is 33.9. The normalized spacial score (nSPS) is 12.7. The Morgan fingerprint density at radius 1 is 1.21 bits per heavy atom. The van der Waals surface area contributed by atoms with Gasteiger partial charge >= 0.3 is 11.9 Å². The number of nitrogens with zero attached hydrogens (tertiary/aromatic N) is 1. The van der Waals surface area contributed by atoms with Gasteiger partial charge in [-0.2, -0.15) is 5.26 Å². The molecule has 0 aliphatic carbocycles. The third-order valence-corrected chi connectivity index (χ3v) is 2.41. The second kappa shape index (κ2) is 8.91. The van der Waals surface area contributed by atoms with Gasteiger partial charge in [-0.15, -0.1) is 0 Å². The van der Waals surface area contributed by atoms with Crippen LogP contribution in [0, 0.1) is 17.2 Å². The van der Waals surface area contributed by atoms with Crippen molar-refractivity contribution in [3.63, 3.8) is 0 Å². The maximum Gasteiger partial charge on any atom is 0.328 e. The minimum atomic E-state index is -0.884. The van der Waals surface area contributed by atoms with E-state index in [1.165, 1.54) is 14.2 Å². The molecule has 0 heterocycles. The number of carbonyl (C=O) groups is 3. The maximum absolute atomic E-state index is 11.6. The fourth-order valence-corrected chi connectivity index (χ4v) is 1.35. The zero-order chi connectivity index (χ0) is 14.8. The van der Waals surface area contributed by atoms with Gasteiger partial charge in [-0.05, 0) is 13.3 Å². The van der Waals surface area contributed by atoms with Crippen LogP contribution in [0.5, 0.6) is 0 Å². The summed E-state index contributed by atoms with van der Waals surface area (Å²) in [5, 5.41) is 11.1. The van der Waals surface area contributed by atoms with Crippen LogP contribution < -0.4 is 5.32 Å². The first-order valence-electron chi connectivity index (χ1n) is 5.78. The Morgan fingerprint density at radius 2 is 1.84 bits per heavy atom. The molecule has 0 unspecified atom stereocenters. The van der Waals surface area contributed by atoms with E-state index in [4.69, 9.17) is 5.26 Å². The molecule has 0 saturated heterocycles. The average Bonchev–Trinajstić information content (AvgIpc) is 2.42. The van der Waals surface area contributed by atoms with Crippen LogP contribution in [0.3, 0.4) is 0 Å². The summed E-state index contributed by atoms with van der Waals surface area (Å²) < 4.78 is 8.95. The van der Waals surface area contributed by atoms with Gasteiger partial charge in [0.15, 0.2) is 0 Å². The first kappa shape index (κ1) is 16.9. The Hall–Kier alpha value is -2.10. The number of nitrogens with one attached hydrogen (secondary N) is 1. The monoisotopic (exact) mass is 270 g/mol. The first-order valence-corrected chi connectivity index (χ1v) is 5.78. The molecule has 0 radical (unpaired) electrons. The number of rotatable bonds is 7. The van der Waals surface area contributed by atoms with Crippen LogP contribution in [-0.4, -0.2) is 38.1 Å². The van der Waals surface area contributed by atoms with Gasteiger partial charge in [0.1, 0.15) is 6.04 Å². The molecule has 106 valence electrons. The molecule has 7 nitrogen and oxygen atoms in total. The van der Waals surface area contributed by atoms with Crippen molar-refractivity contribution >= 4 is 17.8 Å². The summed E-state index contributed by atoms with van der Waals surface area (Å²) >= 11 is 0. The van der Waals surface area contributed by atoms with E-state index >= 15 is 0 Å². The van der Waals surface area contributed by atoms with Gasteiger partial charge in [-0.1, -0.05) is 0 Å². The van der Waals surface area contributed by atoms with Crippen molar-refractivity contribution in [2.45, 2.75) is 32.2 Å². The average molecular weight is 270 g/mol. The molecule has 0 aliphatic rings. The molecule has 7 heteroatoms. The second-order valence-corrected chi connectivity index (χ2v) is 3.99. The van der Waals surface area contributed by atoms with Crippen molar-refractivity contribution < 1.29 is 23.9 Å². The Labute approximate surface area is 111 Å². The quantitative estimate of drug-likeness (QED) is 0.660. The number of nitriles is 1. The Kier molecular flexibility index (Phi) is 7.93. The molecule has 0 fully saturated rings. The second-order valence-electron chi connectivity index (χ2n) is 3.99. The number of carbonyl (C=O) groups excluding carboxylic acids is 3. The van der Waals surface area contributed by atoms with Gasteiger partial charge in [0, 0.05) is 12.3 Å². The molecular weight excluding hydrogens is 252 g/mol. The van der Waals surface area contributed by atoms with E-state index in [2.05, 4.69) is 14.8 Å². The van der Waals surface area contributed by atoms with Crippen molar-refractivity contribution in [2.75, 3.05) is 14.2 Å². The van der Waals surface area contributed by atoms with Crippen LogP contribution in [0.1, 0.15) is 26.2 Å². The lowest BCUT2D eigenvalue weighted by Crippen LogP contribution is -2.42. The van der Waals surface area contributed by atoms with Gasteiger partial charge in [-0.25, -0.2) is 4.79 Å². The Morgan fingerprint density at radius 3 is 2.32 bits per heavy atom. The lowest BCUT2D eigenvalue weighted by atomic mass is 10.0. The molecule has 0 spiro atoms. The standard InChI is InChI=1S/C12H18N2O5/c1-8(7-13)6-9(12(17)19-3)14-10(15)4-5-11(16)18-2/h8-9H,4-6H2,1-3H3,(H,14,15)/t8-,9-/m1/s1. The van der Waals surface area contributed by atoms with Crippen molar-refractivity contribution in [3.05, 3.63) is 0 Å². The van der Waals surface area contributed by atoms with E-state index < -0.39 is 29.8 Å². The number of ether oxygens (including phenoxy) is 2. The summed E-state index contributed by atoms with van der Waals surface area (Å²) in [6.07, 6.45) is 0.0122. The Balaban J connectivity index is 4.39. The van der Waals surface area contributed by atoms with Crippen LogP contribution in [-0.2, 0) is 23.9 Å². The van der Waals surface area contributed by atoms with Crippen molar-refractivity contribution in [2.24, 2.45) is 5.92 Å². The van der Waals surface area contributed by atoms with Crippen LogP contribution in [0.15, 0.2) is 0 Å². The lowest BCUT2D eigenvalue weighted by Gasteiger charge is -2.17. The molecule has 0 aromatic carbocycles. The molecule has 0 aromatic heterocycles. The van der Waals surface area contributed by atoms with E-state index in [9.17, 15) is 14.4 Å². The van der Waals surface area contributed by atoms with Crippen molar-refractivity contribution in [3.8, 4) is 6.07 Å². The fourth-order valence-electron chi connectivity index (χ4n) is 1.35. The molecule has 0 rings (SSSR count). The maximum atomic E-state index is 11.6. The smallest absolute Gasteiger partial charge is 0.328 e. The van der Waals surface area contributed by atoms with E-state index in [0.29, 0.717) is 0 Å². The highest BCUT2D eigenvalue weighted by Crippen LogP contribution is 2.07. The summed E-state index contributed by atoms with van der Waals surface area (Å²) in [5.41, 5.74) is 0. The number of hydrogen-bond acceptors (Lipinski definition) is 6. The molecule has 0 bridgehead atoms. The SMILES string of the molecule is COC(=O)CCC(=O)N[C@H](C[C@@H](C)C#N)C(=O)OC. The molecular formula is C12H18N2O5. The summed E-state index contributed by atoms with van der Waals surface area (Å²) in [6, 6.07) is 1.09. The van der Waals surface area contributed by atoms with Gasteiger partial charge in [0.05, 0.1) is 26.7 Å². The zero-order valence-electron chi connectivity index (χ0n) is 11.3. The van der Waals surface area contributed by atoms with Gasteiger partial charge < -0.3 is 14.8 Å². The molecule has 2 atom stereocenters. The van der Waals surface area contributed by atoms with Gasteiger partial charge in [0.2, 0.25) is 5.91 Å². The number of methoxy groups -OCH3 is 2. The molecule has 0 aromatic rings. The van der Waals surface area contributed by atoms with Crippen LogP contribution in [0.2, 0.25) is 0 Å². The summed E-state index contributed by atoms with van der Waals surface area (Å²) in [7, 11) is 2.43. The molecule has 1 amide bonds. The highest BCUT2D eigenvalue weighted by atomic mass is 16.5. The third-order valence-electron chi connectivity index (χ3n) is 2.41. The fraction of sp³-hybridized carbons (Fsp3) is 0.667. The highest BCUT2D eigenvalue weighted by molar-refractivity contribution is 5.86. The van der Waals surface area contributed by atoms with Crippen LogP contribution in [0.25, 0.3) is 0 Å². The van der Waals surface area contributed by atoms with E-state index in [1.54, 1.807) is 6.92 Å². The topological polar surface area (TPSA) is 105 Å². The number of hydrogen-bond donors (Lipinski definition) is 1. The minimum absolute atomic E-state index is 0.0654. The van der Waals surface area contributed by atoms with Gasteiger partial charge in [-0.3, -0.25) is 9.59 Å². The Bertz CT molecular complexity index is 375. The van der Waals surface area contributed by atoms with E-state index in [1.807, 2.05) is 6.07 Å². The van der Waals surface area contributed by atoms with E-state index in [0.717, 1.165) is 0 Å². The molecule has 19 heavy (non-hydrogen) atoms. The first-order chi connectivity index (χ1) is 8.94. The van der Waals surface area contributed by atoms with Crippen LogP contribution in [0.4, 0.5) is 0 Å². The van der Waals surface area contributed by atoms with Crippen molar-refractivity contribution in [1.29, 1.82) is 5.26 Å². The predicted molar refractivity (Wildman–Crippen MR) is 64.6 cm³/mol. The highest BCUT2D eigenvalue weighted by Gasteiger charge is 2.23. The molecule has 0 saturated carbocycles.